The Labute approximate surface area is 170 Å². The zero-order valence-electron chi connectivity index (χ0n) is 15.8. The predicted molar refractivity (Wildman–Crippen MR) is 106 cm³/mol. The average Bonchev–Trinajstić information content (AvgIpc) is 2.76. The van der Waals surface area contributed by atoms with Crippen LogP contribution in [0.5, 0.6) is 23.0 Å². The number of amides is 1. The number of fused-ring (bicyclic) bond motifs is 1. The smallest absolute Gasteiger partial charge is 0.260 e. The van der Waals surface area contributed by atoms with Crippen molar-refractivity contribution in [2.45, 2.75) is 0 Å². The standard InChI is InChI=1S/C21H19NO8/c23-14-9-16(30-17-10-15(24)20(26)21(27)19(14)17)12-1-3-13(4-2-12)29-11-18(25)22-5-7-28-8-6-22/h1-4,9-10,24,26-27H,5-8,11H2. The summed E-state index contributed by atoms with van der Waals surface area (Å²) in [7, 11) is 0. The van der Waals surface area contributed by atoms with E-state index in [1.807, 2.05) is 0 Å². The number of morpholine rings is 1. The molecule has 1 aromatic heterocycles. The third kappa shape index (κ3) is 3.74. The molecular weight excluding hydrogens is 394 g/mol. The molecule has 0 saturated carbocycles. The number of carbonyl (C=O) groups is 1. The van der Waals surface area contributed by atoms with Crippen LogP contribution < -0.4 is 10.2 Å². The van der Waals surface area contributed by atoms with Crippen molar-refractivity contribution in [2.75, 3.05) is 32.9 Å². The molecule has 9 heteroatoms. The first-order valence-electron chi connectivity index (χ1n) is 9.24. The second-order valence-corrected chi connectivity index (χ2v) is 6.75. The Hall–Kier alpha value is -3.72. The summed E-state index contributed by atoms with van der Waals surface area (Å²) in [4.78, 5) is 26.2. The molecule has 3 aromatic rings. The molecule has 0 unspecified atom stereocenters. The molecule has 1 saturated heterocycles. The van der Waals surface area contributed by atoms with E-state index >= 15 is 0 Å². The van der Waals surface area contributed by atoms with Crippen molar-refractivity contribution in [2.24, 2.45) is 0 Å². The quantitative estimate of drug-likeness (QED) is 0.552. The number of hydrogen-bond acceptors (Lipinski definition) is 8. The summed E-state index contributed by atoms with van der Waals surface area (Å²) < 4.78 is 16.4. The van der Waals surface area contributed by atoms with Gasteiger partial charge >= 0.3 is 0 Å². The van der Waals surface area contributed by atoms with Crippen LogP contribution in [0.2, 0.25) is 0 Å². The molecule has 0 aliphatic carbocycles. The summed E-state index contributed by atoms with van der Waals surface area (Å²) in [6.45, 7) is 2.04. The predicted octanol–water partition coefficient (Wildman–Crippen LogP) is 1.81. The maximum Gasteiger partial charge on any atom is 0.260 e. The first-order valence-corrected chi connectivity index (χ1v) is 9.24. The monoisotopic (exact) mass is 413 g/mol. The lowest BCUT2D eigenvalue weighted by molar-refractivity contribution is -0.137. The molecule has 0 radical (unpaired) electrons. The second kappa shape index (κ2) is 7.96. The maximum atomic E-state index is 12.4. The van der Waals surface area contributed by atoms with Crippen molar-refractivity contribution >= 4 is 16.9 Å². The molecule has 30 heavy (non-hydrogen) atoms. The van der Waals surface area contributed by atoms with Gasteiger partial charge in [0.2, 0.25) is 5.75 Å². The van der Waals surface area contributed by atoms with E-state index in [2.05, 4.69) is 0 Å². The zero-order chi connectivity index (χ0) is 21.3. The van der Waals surface area contributed by atoms with Gasteiger partial charge in [-0.15, -0.1) is 0 Å². The first kappa shape index (κ1) is 19.6. The van der Waals surface area contributed by atoms with Gasteiger partial charge in [-0.3, -0.25) is 9.59 Å². The lowest BCUT2D eigenvalue weighted by Crippen LogP contribution is -2.42. The lowest BCUT2D eigenvalue weighted by Gasteiger charge is -2.26. The van der Waals surface area contributed by atoms with Crippen molar-refractivity contribution in [3.8, 4) is 34.3 Å². The minimum absolute atomic E-state index is 0.0678. The van der Waals surface area contributed by atoms with Crippen molar-refractivity contribution in [1.29, 1.82) is 0 Å². The van der Waals surface area contributed by atoms with Gasteiger partial charge < -0.3 is 34.1 Å². The van der Waals surface area contributed by atoms with E-state index in [0.717, 1.165) is 6.07 Å². The van der Waals surface area contributed by atoms with Crippen LogP contribution in [0.1, 0.15) is 0 Å². The third-order valence-electron chi connectivity index (χ3n) is 4.81. The number of rotatable bonds is 4. The van der Waals surface area contributed by atoms with Gasteiger partial charge in [-0.2, -0.15) is 0 Å². The van der Waals surface area contributed by atoms with E-state index in [4.69, 9.17) is 13.9 Å². The van der Waals surface area contributed by atoms with Gasteiger partial charge in [0.15, 0.2) is 23.5 Å². The molecule has 1 fully saturated rings. The highest BCUT2D eigenvalue weighted by Crippen LogP contribution is 2.40. The van der Waals surface area contributed by atoms with Gasteiger partial charge in [-0.25, -0.2) is 0 Å². The van der Waals surface area contributed by atoms with E-state index in [1.54, 1.807) is 29.2 Å². The third-order valence-corrected chi connectivity index (χ3v) is 4.81. The van der Waals surface area contributed by atoms with Crippen LogP contribution in [0.4, 0.5) is 0 Å². The molecule has 3 N–H and O–H groups in total. The largest absolute Gasteiger partial charge is 0.504 e. The van der Waals surface area contributed by atoms with Gasteiger partial charge in [0.1, 0.15) is 22.5 Å². The van der Waals surface area contributed by atoms with Crippen molar-refractivity contribution < 1.29 is 34.0 Å². The van der Waals surface area contributed by atoms with Crippen molar-refractivity contribution in [1.82, 2.24) is 4.90 Å². The first-order chi connectivity index (χ1) is 14.4. The molecule has 1 amide bonds. The molecule has 156 valence electrons. The molecule has 1 aliphatic heterocycles. The Morgan fingerprint density at radius 1 is 1.03 bits per heavy atom. The van der Waals surface area contributed by atoms with E-state index in [-0.39, 0.29) is 29.2 Å². The Morgan fingerprint density at radius 3 is 2.43 bits per heavy atom. The second-order valence-electron chi connectivity index (χ2n) is 6.75. The number of aromatic hydroxyl groups is 3. The zero-order valence-corrected chi connectivity index (χ0v) is 15.8. The van der Waals surface area contributed by atoms with Gasteiger partial charge in [-0.05, 0) is 24.3 Å². The van der Waals surface area contributed by atoms with E-state index in [1.165, 1.54) is 6.07 Å². The maximum absolute atomic E-state index is 12.4. The lowest BCUT2D eigenvalue weighted by atomic mass is 10.1. The summed E-state index contributed by atoms with van der Waals surface area (Å²) in [5, 5.41) is 28.9. The molecule has 0 bridgehead atoms. The Balaban J connectivity index is 1.52. The van der Waals surface area contributed by atoms with Crippen molar-refractivity contribution in [3.63, 3.8) is 0 Å². The molecule has 2 aromatic carbocycles. The minimum atomic E-state index is -0.782. The summed E-state index contributed by atoms with van der Waals surface area (Å²) in [5.74, 6) is -1.56. The average molecular weight is 413 g/mol. The Kier molecular flexibility index (Phi) is 5.20. The molecule has 2 heterocycles. The molecule has 0 atom stereocenters. The van der Waals surface area contributed by atoms with Crippen LogP contribution in [-0.2, 0) is 9.53 Å². The molecular formula is C21H19NO8. The van der Waals surface area contributed by atoms with Crippen LogP contribution >= 0.6 is 0 Å². The Bertz CT molecular complexity index is 1150. The highest BCUT2D eigenvalue weighted by atomic mass is 16.5. The number of hydrogen-bond donors (Lipinski definition) is 3. The number of carbonyl (C=O) groups excluding carboxylic acids is 1. The molecule has 9 nitrogen and oxygen atoms in total. The summed E-state index contributed by atoms with van der Waals surface area (Å²) >= 11 is 0. The number of phenolic OH excluding ortho intramolecular Hbond substituents is 3. The van der Waals surface area contributed by atoms with E-state index in [0.29, 0.717) is 37.6 Å². The number of ether oxygens (including phenoxy) is 2. The highest BCUT2D eigenvalue weighted by molar-refractivity contribution is 5.89. The van der Waals surface area contributed by atoms with Crippen LogP contribution in [0.25, 0.3) is 22.3 Å². The van der Waals surface area contributed by atoms with Gasteiger partial charge in [0.05, 0.1) is 13.2 Å². The topological polar surface area (TPSA) is 130 Å². The van der Waals surface area contributed by atoms with E-state index < -0.39 is 22.7 Å². The Morgan fingerprint density at radius 2 is 1.73 bits per heavy atom. The van der Waals surface area contributed by atoms with Gasteiger partial charge in [-0.1, -0.05) is 0 Å². The molecule has 0 spiro atoms. The number of nitrogens with zero attached hydrogens (tertiary/aromatic N) is 1. The summed E-state index contributed by atoms with van der Waals surface area (Å²) in [6.07, 6.45) is 0. The minimum Gasteiger partial charge on any atom is -0.504 e. The van der Waals surface area contributed by atoms with Crippen LogP contribution in [0.3, 0.4) is 0 Å². The molecule has 1 aliphatic rings. The van der Waals surface area contributed by atoms with E-state index in [9.17, 15) is 24.9 Å². The van der Waals surface area contributed by atoms with Crippen LogP contribution in [0.15, 0.2) is 45.6 Å². The highest BCUT2D eigenvalue weighted by Gasteiger charge is 2.18. The summed E-state index contributed by atoms with van der Waals surface area (Å²) in [6, 6.07) is 8.81. The number of phenols is 3. The molecule has 4 rings (SSSR count). The number of benzene rings is 2. The summed E-state index contributed by atoms with van der Waals surface area (Å²) in [5.41, 5.74) is -0.0925. The van der Waals surface area contributed by atoms with Crippen LogP contribution in [-0.4, -0.2) is 59.0 Å². The fourth-order valence-corrected chi connectivity index (χ4v) is 3.19. The van der Waals surface area contributed by atoms with Crippen molar-refractivity contribution in [3.05, 3.63) is 46.6 Å². The normalized spacial score (nSPS) is 14.1. The fourth-order valence-electron chi connectivity index (χ4n) is 3.19. The fraction of sp³-hybridized carbons (Fsp3) is 0.238. The van der Waals surface area contributed by atoms with Gasteiger partial charge in [0, 0.05) is 30.8 Å². The van der Waals surface area contributed by atoms with Crippen LogP contribution in [0, 0.1) is 0 Å². The van der Waals surface area contributed by atoms with Gasteiger partial charge in [0.25, 0.3) is 5.91 Å². The SMILES string of the molecule is O=C(COc1ccc(-c2cc(=O)c3c(O)c(O)c(O)cc3o2)cc1)N1CCOCC1.